The van der Waals surface area contributed by atoms with E-state index in [0.29, 0.717) is 11.3 Å². The maximum atomic E-state index is 12.4. The Bertz CT molecular complexity index is 684. The minimum Gasteiger partial charge on any atom is -0.207 e. The van der Waals surface area contributed by atoms with Crippen LogP contribution in [0.5, 0.6) is 0 Å². The Morgan fingerprint density at radius 3 is 2.60 bits per heavy atom. The summed E-state index contributed by atoms with van der Waals surface area (Å²) in [6.07, 6.45) is 6.25. The van der Waals surface area contributed by atoms with E-state index >= 15 is 0 Å². The molecule has 0 spiro atoms. The molecule has 1 aliphatic carbocycles. The molecule has 3 nitrogen and oxygen atoms in total. The number of sulfonamides is 1. The fourth-order valence-electron chi connectivity index (χ4n) is 2.32. The first-order valence-electron chi connectivity index (χ1n) is 6.52. The molecule has 1 atom stereocenters. The molecule has 0 aromatic heterocycles. The molecule has 1 aliphatic rings. The van der Waals surface area contributed by atoms with Gasteiger partial charge in [-0.1, -0.05) is 48.6 Å². The van der Waals surface area contributed by atoms with Gasteiger partial charge in [-0.3, -0.25) is 0 Å². The second-order valence-corrected chi connectivity index (χ2v) is 6.68. The van der Waals surface area contributed by atoms with E-state index < -0.39 is 10.0 Å². The van der Waals surface area contributed by atoms with Crippen molar-refractivity contribution in [3.63, 3.8) is 0 Å². The topological polar surface area (TPSA) is 46.2 Å². The van der Waals surface area contributed by atoms with Crippen molar-refractivity contribution in [1.82, 2.24) is 4.72 Å². The summed E-state index contributed by atoms with van der Waals surface area (Å²) in [7, 11) is -3.49. The molecule has 106 valence electrons. The molecule has 1 N–H and O–H groups in total. The lowest BCUT2D eigenvalue weighted by Crippen LogP contribution is -2.35. The Morgan fingerprint density at radius 1 is 1.30 bits per heavy atom. The van der Waals surface area contributed by atoms with Crippen LogP contribution >= 0.6 is 0 Å². The Hall–Kier alpha value is -1.65. The fourth-order valence-corrected chi connectivity index (χ4v) is 3.76. The van der Waals surface area contributed by atoms with Gasteiger partial charge in [-0.2, -0.15) is 0 Å². The van der Waals surface area contributed by atoms with Crippen LogP contribution in [0.4, 0.5) is 0 Å². The summed E-state index contributed by atoms with van der Waals surface area (Å²) in [5.74, 6) is 0. The van der Waals surface area contributed by atoms with Crippen LogP contribution in [0.15, 0.2) is 65.1 Å². The van der Waals surface area contributed by atoms with Crippen molar-refractivity contribution >= 4 is 10.0 Å². The largest absolute Gasteiger partial charge is 0.241 e. The maximum Gasteiger partial charge on any atom is 0.241 e. The fraction of sp³-hybridized carbons (Fsp3) is 0.250. The van der Waals surface area contributed by atoms with E-state index in [1.165, 1.54) is 0 Å². The molecule has 20 heavy (non-hydrogen) atoms. The minimum absolute atomic E-state index is 0.205. The van der Waals surface area contributed by atoms with Crippen LogP contribution in [0.25, 0.3) is 0 Å². The summed E-state index contributed by atoms with van der Waals surface area (Å²) in [6, 6.07) is 6.79. The second-order valence-electron chi connectivity index (χ2n) is 5.00. The molecule has 4 heteroatoms. The third-order valence-corrected chi connectivity index (χ3v) is 5.09. The third-order valence-electron chi connectivity index (χ3n) is 3.44. The van der Waals surface area contributed by atoms with E-state index in [0.717, 1.165) is 16.7 Å². The molecular weight excluding hydrogens is 270 g/mol. The number of hydrogen-bond donors (Lipinski definition) is 1. The van der Waals surface area contributed by atoms with Gasteiger partial charge < -0.3 is 0 Å². The van der Waals surface area contributed by atoms with Gasteiger partial charge in [0, 0.05) is 6.04 Å². The van der Waals surface area contributed by atoms with Gasteiger partial charge in [0.2, 0.25) is 10.0 Å². The molecule has 0 amide bonds. The monoisotopic (exact) mass is 289 g/mol. The average molecular weight is 289 g/mol. The molecule has 1 aromatic rings. The number of nitrogens with one attached hydrogen (secondary N) is 1. The third kappa shape index (κ3) is 3.08. The van der Waals surface area contributed by atoms with Gasteiger partial charge >= 0.3 is 0 Å². The molecule has 1 unspecified atom stereocenters. The van der Waals surface area contributed by atoms with Crippen LogP contribution in [-0.4, -0.2) is 14.5 Å². The van der Waals surface area contributed by atoms with Crippen molar-refractivity contribution in [2.24, 2.45) is 0 Å². The Labute approximate surface area is 120 Å². The van der Waals surface area contributed by atoms with Crippen LogP contribution in [0.1, 0.15) is 18.9 Å². The van der Waals surface area contributed by atoms with Gasteiger partial charge in [-0.25, -0.2) is 13.1 Å². The van der Waals surface area contributed by atoms with Crippen LogP contribution in [-0.2, 0) is 10.0 Å². The lowest BCUT2D eigenvalue weighted by atomic mass is 9.96. The molecule has 1 aromatic carbocycles. The lowest BCUT2D eigenvalue weighted by Gasteiger charge is -2.21. The quantitative estimate of drug-likeness (QED) is 0.925. The van der Waals surface area contributed by atoms with Crippen LogP contribution in [0, 0.1) is 6.92 Å². The summed E-state index contributed by atoms with van der Waals surface area (Å²) in [5, 5.41) is 0. The zero-order valence-electron chi connectivity index (χ0n) is 11.8. The molecule has 0 saturated heterocycles. The van der Waals surface area contributed by atoms with E-state index in [4.69, 9.17) is 0 Å². The van der Waals surface area contributed by atoms with Crippen LogP contribution < -0.4 is 4.72 Å². The summed E-state index contributed by atoms with van der Waals surface area (Å²) in [6.45, 7) is 7.54. The second kappa shape index (κ2) is 5.77. The average Bonchev–Trinajstić information content (AvgIpc) is 2.38. The highest BCUT2D eigenvalue weighted by atomic mass is 32.2. The van der Waals surface area contributed by atoms with Crippen molar-refractivity contribution in [3.8, 4) is 0 Å². The SMILES string of the molecule is C=CC1=C(C)CC(NS(=O)(=O)c2ccccc2C)C=C1. The van der Waals surface area contributed by atoms with Crippen LogP contribution in [0.3, 0.4) is 0 Å². The van der Waals surface area contributed by atoms with Gasteiger partial charge in [0.05, 0.1) is 4.90 Å². The van der Waals surface area contributed by atoms with Gasteiger partial charge in [0.1, 0.15) is 0 Å². The van der Waals surface area contributed by atoms with E-state index in [-0.39, 0.29) is 6.04 Å². The van der Waals surface area contributed by atoms with Crippen molar-refractivity contribution in [1.29, 1.82) is 0 Å². The molecular formula is C16H19NO2S. The number of benzene rings is 1. The predicted molar refractivity (Wildman–Crippen MR) is 81.9 cm³/mol. The Morgan fingerprint density at radius 2 is 2.00 bits per heavy atom. The highest BCUT2D eigenvalue weighted by molar-refractivity contribution is 7.89. The minimum atomic E-state index is -3.49. The van der Waals surface area contributed by atoms with Crippen LogP contribution in [0.2, 0.25) is 0 Å². The number of allylic oxidation sites excluding steroid dienone is 3. The highest BCUT2D eigenvalue weighted by Gasteiger charge is 2.22. The molecule has 0 aliphatic heterocycles. The van der Waals surface area contributed by atoms with Gasteiger partial charge in [-0.05, 0) is 37.5 Å². The molecule has 0 bridgehead atoms. The number of rotatable bonds is 4. The predicted octanol–water partition coefficient (Wildman–Crippen LogP) is 3.10. The molecule has 0 heterocycles. The summed E-state index contributed by atoms with van der Waals surface area (Å²) < 4.78 is 27.5. The smallest absolute Gasteiger partial charge is 0.207 e. The molecule has 0 saturated carbocycles. The van der Waals surface area contributed by atoms with Gasteiger partial charge in [0.25, 0.3) is 0 Å². The number of aryl methyl sites for hydroxylation is 1. The zero-order valence-corrected chi connectivity index (χ0v) is 12.6. The number of hydrogen-bond acceptors (Lipinski definition) is 2. The van der Waals surface area contributed by atoms with E-state index in [1.807, 2.05) is 25.1 Å². The summed E-state index contributed by atoms with van der Waals surface area (Å²) in [4.78, 5) is 0.338. The summed E-state index contributed by atoms with van der Waals surface area (Å²) in [5.41, 5.74) is 2.95. The first-order valence-corrected chi connectivity index (χ1v) is 8.00. The van der Waals surface area contributed by atoms with E-state index in [9.17, 15) is 8.42 Å². The first kappa shape index (κ1) is 14.8. The first-order chi connectivity index (χ1) is 9.44. The lowest BCUT2D eigenvalue weighted by molar-refractivity contribution is 0.568. The van der Waals surface area contributed by atoms with Crippen molar-refractivity contribution < 1.29 is 8.42 Å². The maximum absolute atomic E-state index is 12.4. The summed E-state index contributed by atoms with van der Waals surface area (Å²) >= 11 is 0. The molecule has 2 rings (SSSR count). The highest BCUT2D eigenvalue weighted by Crippen LogP contribution is 2.22. The molecule has 0 fully saturated rings. The zero-order chi connectivity index (χ0) is 14.8. The van der Waals surface area contributed by atoms with Gasteiger partial charge in [-0.15, -0.1) is 0 Å². The molecule has 0 radical (unpaired) electrons. The Balaban J connectivity index is 2.20. The van der Waals surface area contributed by atoms with E-state index in [1.54, 1.807) is 31.2 Å². The van der Waals surface area contributed by atoms with Crippen molar-refractivity contribution in [2.75, 3.05) is 0 Å². The van der Waals surface area contributed by atoms with Gasteiger partial charge in [0.15, 0.2) is 0 Å². The standard InChI is InChI=1S/C16H19NO2S/c1-4-14-9-10-15(11-13(14)3)17-20(18,19)16-8-6-5-7-12(16)2/h4-10,15,17H,1,11H2,2-3H3. The Kier molecular flexibility index (Phi) is 4.26. The van der Waals surface area contributed by atoms with Crippen molar-refractivity contribution in [2.45, 2.75) is 31.2 Å². The van der Waals surface area contributed by atoms with Crippen molar-refractivity contribution in [3.05, 3.63) is 65.8 Å². The van der Waals surface area contributed by atoms with E-state index in [2.05, 4.69) is 11.3 Å². The normalized spacial score (nSPS) is 19.2.